The summed E-state index contributed by atoms with van der Waals surface area (Å²) in [7, 11) is 2.84. The van der Waals surface area contributed by atoms with E-state index in [0.717, 1.165) is 58.0 Å². The van der Waals surface area contributed by atoms with Crippen LogP contribution in [0.5, 0.6) is 0 Å². The molecule has 0 unspecified atom stereocenters. The number of hydrogen-bond acceptors (Lipinski definition) is 6. The highest BCUT2D eigenvalue weighted by Gasteiger charge is 2.12. The van der Waals surface area contributed by atoms with E-state index in [4.69, 9.17) is 0 Å². The molecule has 0 aliphatic heterocycles. The van der Waals surface area contributed by atoms with E-state index >= 15 is 0 Å². The van der Waals surface area contributed by atoms with E-state index in [0.29, 0.717) is 0 Å². The van der Waals surface area contributed by atoms with E-state index in [1.807, 2.05) is 30.3 Å². The van der Waals surface area contributed by atoms with Gasteiger partial charge < -0.3 is 0 Å². The van der Waals surface area contributed by atoms with Gasteiger partial charge in [-0.1, -0.05) is 61.9 Å². The third-order valence-electron chi connectivity index (χ3n) is 4.07. The van der Waals surface area contributed by atoms with Gasteiger partial charge in [-0.2, -0.15) is 10.2 Å². The molecular weight excluding hydrogens is 378 g/mol. The van der Waals surface area contributed by atoms with Gasteiger partial charge in [0.25, 0.3) is 5.56 Å². The number of hydrogen-bond donors (Lipinski definition) is 1. The maximum Gasteiger partial charge on any atom is 0.346 e. The van der Waals surface area contributed by atoms with E-state index in [1.165, 1.54) is 14.1 Å². The summed E-state index contributed by atoms with van der Waals surface area (Å²) >= 11 is 0.976. The number of benzene rings is 1. The molecule has 8 nitrogen and oxygen atoms in total. The standard InChI is InChI=1S/C19H25N5O3S/c1-4-5-7-12-15(14-10-8-6-9-11-14)20-21-16(25)13-28-17-18(26)23(2)19(27)24(3)22-17/h6,8-11H,4-5,7,12-13H2,1-3H3,(H,21,25)/b20-15-. The highest BCUT2D eigenvalue weighted by molar-refractivity contribution is 7.99. The van der Waals surface area contributed by atoms with Crippen molar-refractivity contribution in [2.75, 3.05) is 5.75 Å². The molecule has 2 aromatic rings. The maximum atomic E-state index is 12.2. The third-order valence-corrected chi connectivity index (χ3v) is 5.01. The third kappa shape index (κ3) is 5.91. The lowest BCUT2D eigenvalue weighted by molar-refractivity contribution is -0.118. The summed E-state index contributed by atoms with van der Waals surface area (Å²) in [6.45, 7) is 2.13. The molecule has 1 N–H and O–H groups in total. The molecule has 0 saturated carbocycles. The Bertz CT molecular complexity index is 950. The van der Waals surface area contributed by atoms with E-state index < -0.39 is 11.2 Å². The molecule has 1 aromatic carbocycles. The molecule has 0 saturated heterocycles. The Labute approximate surface area is 167 Å². The molecule has 0 fully saturated rings. The number of nitrogens with one attached hydrogen (secondary N) is 1. The molecule has 1 amide bonds. The van der Waals surface area contributed by atoms with Crippen molar-refractivity contribution >= 4 is 23.4 Å². The molecule has 1 heterocycles. The Hall–Kier alpha value is -2.68. The van der Waals surface area contributed by atoms with Crippen LogP contribution in [0.4, 0.5) is 0 Å². The molecule has 0 bridgehead atoms. The van der Waals surface area contributed by atoms with Gasteiger partial charge >= 0.3 is 5.69 Å². The number of carbonyl (C=O) groups excluding carboxylic acids is 1. The number of rotatable bonds is 9. The number of carbonyl (C=O) groups is 1. The zero-order valence-corrected chi connectivity index (χ0v) is 17.2. The summed E-state index contributed by atoms with van der Waals surface area (Å²) in [6.07, 6.45) is 3.96. The number of nitrogens with zero attached hydrogens (tertiary/aromatic N) is 4. The zero-order chi connectivity index (χ0) is 20.5. The van der Waals surface area contributed by atoms with E-state index in [1.54, 1.807) is 0 Å². The molecule has 9 heteroatoms. The van der Waals surface area contributed by atoms with Crippen LogP contribution in [0.2, 0.25) is 0 Å². The van der Waals surface area contributed by atoms with Crippen LogP contribution in [0.3, 0.4) is 0 Å². The smallest absolute Gasteiger partial charge is 0.272 e. The lowest BCUT2D eigenvalue weighted by atomic mass is 10.0. The van der Waals surface area contributed by atoms with Crippen molar-refractivity contribution in [3.8, 4) is 0 Å². The summed E-state index contributed by atoms with van der Waals surface area (Å²) in [5, 5.41) is 8.30. The largest absolute Gasteiger partial charge is 0.346 e. The second kappa shape index (κ2) is 10.6. The average Bonchev–Trinajstić information content (AvgIpc) is 2.71. The van der Waals surface area contributed by atoms with Crippen molar-refractivity contribution in [2.45, 2.75) is 37.6 Å². The summed E-state index contributed by atoms with van der Waals surface area (Å²) in [6, 6.07) is 9.73. The highest BCUT2D eigenvalue weighted by atomic mass is 32.2. The van der Waals surface area contributed by atoms with Crippen molar-refractivity contribution in [3.05, 3.63) is 56.7 Å². The molecule has 2 rings (SSSR count). The van der Waals surface area contributed by atoms with Gasteiger partial charge in [-0.3, -0.25) is 14.2 Å². The minimum absolute atomic E-state index is 0.0268. The average molecular weight is 404 g/mol. The van der Waals surface area contributed by atoms with Crippen molar-refractivity contribution in [3.63, 3.8) is 0 Å². The van der Waals surface area contributed by atoms with Crippen LogP contribution >= 0.6 is 11.8 Å². The van der Waals surface area contributed by atoms with Gasteiger partial charge in [-0.25, -0.2) is 14.9 Å². The van der Waals surface area contributed by atoms with Crippen LogP contribution < -0.4 is 16.7 Å². The minimum atomic E-state index is -0.519. The number of aromatic nitrogens is 3. The zero-order valence-electron chi connectivity index (χ0n) is 16.3. The van der Waals surface area contributed by atoms with Gasteiger partial charge in [0.15, 0.2) is 5.03 Å². The minimum Gasteiger partial charge on any atom is -0.272 e. The van der Waals surface area contributed by atoms with Crippen LogP contribution in [-0.4, -0.2) is 31.7 Å². The van der Waals surface area contributed by atoms with Crippen LogP contribution in [0.1, 0.15) is 38.2 Å². The van der Waals surface area contributed by atoms with Crippen LogP contribution in [-0.2, 0) is 18.9 Å². The fourth-order valence-electron chi connectivity index (χ4n) is 2.49. The van der Waals surface area contributed by atoms with Crippen molar-refractivity contribution in [1.82, 2.24) is 19.8 Å². The molecule has 0 radical (unpaired) electrons. The predicted octanol–water partition coefficient (Wildman–Crippen LogP) is 1.67. The number of hydrazone groups is 1. The predicted molar refractivity (Wildman–Crippen MR) is 111 cm³/mol. The van der Waals surface area contributed by atoms with E-state index in [2.05, 4.69) is 22.5 Å². The Morgan fingerprint density at radius 3 is 2.57 bits per heavy atom. The van der Waals surface area contributed by atoms with Crippen LogP contribution in [0, 0.1) is 0 Å². The number of thioether (sulfide) groups is 1. The molecule has 28 heavy (non-hydrogen) atoms. The first-order valence-electron chi connectivity index (χ1n) is 9.12. The first-order valence-corrected chi connectivity index (χ1v) is 10.1. The summed E-state index contributed by atoms with van der Waals surface area (Å²) in [5.41, 5.74) is 3.33. The Morgan fingerprint density at radius 2 is 1.89 bits per heavy atom. The van der Waals surface area contributed by atoms with Crippen LogP contribution in [0.25, 0.3) is 0 Å². The quantitative estimate of drug-likeness (QED) is 0.297. The van der Waals surface area contributed by atoms with Crippen molar-refractivity contribution in [2.24, 2.45) is 19.2 Å². The molecule has 0 atom stereocenters. The normalized spacial score (nSPS) is 11.5. The molecule has 150 valence electrons. The first-order chi connectivity index (χ1) is 13.4. The maximum absolute atomic E-state index is 12.2. The van der Waals surface area contributed by atoms with Crippen LogP contribution in [0.15, 0.2) is 50.0 Å². The van der Waals surface area contributed by atoms with Gasteiger partial charge in [0.2, 0.25) is 5.91 Å². The number of aryl methyl sites for hydroxylation is 1. The fraction of sp³-hybridized carbons (Fsp3) is 0.421. The summed E-state index contributed by atoms with van der Waals surface area (Å²) in [5.74, 6) is -0.368. The molecular formula is C19H25N5O3S. The molecule has 1 aromatic heterocycles. The number of amides is 1. The number of unbranched alkanes of at least 4 members (excludes halogenated alkanes) is 2. The second-order valence-electron chi connectivity index (χ2n) is 6.28. The lowest BCUT2D eigenvalue weighted by Crippen LogP contribution is -2.39. The summed E-state index contributed by atoms with van der Waals surface area (Å²) in [4.78, 5) is 35.9. The summed E-state index contributed by atoms with van der Waals surface area (Å²) < 4.78 is 2.04. The van der Waals surface area contributed by atoms with Gasteiger partial charge in [0.1, 0.15) is 0 Å². The highest BCUT2D eigenvalue weighted by Crippen LogP contribution is 2.10. The Balaban J connectivity index is 2.04. The van der Waals surface area contributed by atoms with Gasteiger partial charge in [0, 0.05) is 14.1 Å². The molecule has 0 aliphatic carbocycles. The molecule has 0 aliphatic rings. The van der Waals surface area contributed by atoms with Gasteiger partial charge in [-0.05, 0) is 18.4 Å². The van der Waals surface area contributed by atoms with Gasteiger partial charge in [0.05, 0.1) is 11.5 Å². The van der Waals surface area contributed by atoms with Crippen molar-refractivity contribution < 1.29 is 4.79 Å². The van der Waals surface area contributed by atoms with Crippen molar-refractivity contribution in [1.29, 1.82) is 0 Å². The second-order valence-corrected chi connectivity index (χ2v) is 7.24. The topological polar surface area (TPSA) is 98.3 Å². The lowest BCUT2D eigenvalue weighted by Gasteiger charge is -2.08. The monoisotopic (exact) mass is 403 g/mol. The first kappa shape index (κ1) is 21.6. The Kier molecular flexibility index (Phi) is 8.19. The van der Waals surface area contributed by atoms with Gasteiger partial charge in [-0.15, -0.1) is 0 Å². The van der Waals surface area contributed by atoms with E-state index in [-0.39, 0.29) is 16.7 Å². The molecule has 0 spiro atoms. The SMILES string of the molecule is CCCCC/C(=N/NC(=O)CSc1nn(C)c(=O)n(C)c1=O)c1ccccc1. The fourth-order valence-corrected chi connectivity index (χ4v) is 3.27. The Morgan fingerprint density at radius 1 is 1.18 bits per heavy atom. The van der Waals surface area contributed by atoms with E-state index in [9.17, 15) is 14.4 Å².